The van der Waals surface area contributed by atoms with E-state index in [0.29, 0.717) is 18.7 Å². The molecule has 0 radical (unpaired) electrons. The van der Waals surface area contributed by atoms with Gasteiger partial charge in [-0.25, -0.2) is 4.98 Å². The smallest absolute Gasteiger partial charge is 0.251 e. The molecule has 1 aliphatic carbocycles. The van der Waals surface area contributed by atoms with E-state index in [9.17, 15) is 4.79 Å². The zero-order valence-corrected chi connectivity index (χ0v) is 15.4. The minimum absolute atomic E-state index is 0.0391. The molecular weight excluding hydrogens is 322 g/mol. The number of hydrogen-bond donors (Lipinski definition) is 2. The first-order valence-electron chi connectivity index (χ1n) is 9.43. The van der Waals surface area contributed by atoms with Crippen molar-refractivity contribution in [2.75, 3.05) is 11.9 Å². The van der Waals surface area contributed by atoms with Crippen LogP contribution in [0.4, 0.5) is 5.82 Å². The molecule has 0 spiro atoms. The molecule has 0 unspecified atom stereocenters. The van der Waals surface area contributed by atoms with E-state index in [0.717, 1.165) is 12.2 Å². The molecule has 0 saturated carbocycles. The van der Waals surface area contributed by atoms with Gasteiger partial charge in [0.15, 0.2) is 0 Å². The number of amides is 1. The monoisotopic (exact) mass is 349 g/mol. The average Bonchev–Trinajstić information content (AvgIpc) is 2.68. The Morgan fingerprint density at radius 1 is 1.19 bits per heavy atom. The topological polar surface area (TPSA) is 54.0 Å². The van der Waals surface area contributed by atoms with Gasteiger partial charge in [-0.15, -0.1) is 0 Å². The largest absolute Gasteiger partial charge is 0.366 e. The van der Waals surface area contributed by atoms with Crippen LogP contribution in [0, 0.1) is 6.92 Å². The van der Waals surface area contributed by atoms with E-state index in [4.69, 9.17) is 0 Å². The van der Waals surface area contributed by atoms with Crippen LogP contribution in [0.5, 0.6) is 0 Å². The van der Waals surface area contributed by atoms with E-state index in [-0.39, 0.29) is 5.91 Å². The molecule has 1 aromatic heterocycles. The van der Waals surface area contributed by atoms with Crippen LogP contribution in [0.15, 0.2) is 54.2 Å². The molecule has 1 amide bonds. The van der Waals surface area contributed by atoms with Gasteiger partial charge < -0.3 is 10.6 Å². The lowest BCUT2D eigenvalue weighted by Gasteiger charge is -2.13. The van der Waals surface area contributed by atoms with E-state index in [1.165, 1.54) is 42.4 Å². The molecule has 136 valence electrons. The summed E-state index contributed by atoms with van der Waals surface area (Å²) >= 11 is 0. The van der Waals surface area contributed by atoms with Crippen LogP contribution in [-0.4, -0.2) is 17.4 Å². The summed E-state index contributed by atoms with van der Waals surface area (Å²) in [6.45, 7) is 3.48. The molecule has 4 heteroatoms. The molecule has 4 nitrogen and oxygen atoms in total. The fourth-order valence-corrected chi connectivity index (χ4v) is 3.23. The summed E-state index contributed by atoms with van der Waals surface area (Å²) < 4.78 is 0. The number of aryl methyl sites for hydroxylation is 1. The second-order valence-corrected chi connectivity index (χ2v) is 6.82. The SMILES string of the molecule is Cc1ccccc1CNc1cc(C(=O)NCCC2=CCCCC2)ccn1. The number of allylic oxidation sites excluding steroid dienone is 1. The third kappa shape index (κ3) is 5.19. The maximum absolute atomic E-state index is 12.4. The summed E-state index contributed by atoms with van der Waals surface area (Å²) in [5.41, 5.74) is 4.59. The first-order valence-corrected chi connectivity index (χ1v) is 9.43. The van der Waals surface area contributed by atoms with Crippen molar-refractivity contribution in [1.29, 1.82) is 0 Å². The molecule has 0 aliphatic heterocycles. The lowest BCUT2D eigenvalue weighted by Crippen LogP contribution is -2.25. The van der Waals surface area contributed by atoms with Crippen molar-refractivity contribution < 1.29 is 4.79 Å². The number of pyridine rings is 1. The Morgan fingerprint density at radius 3 is 2.88 bits per heavy atom. The molecule has 0 atom stereocenters. The summed E-state index contributed by atoms with van der Waals surface area (Å²) in [4.78, 5) is 16.7. The first kappa shape index (κ1) is 18.2. The van der Waals surface area contributed by atoms with E-state index in [1.54, 1.807) is 12.3 Å². The summed E-state index contributed by atoms with van der Waals surface area (Å²) in [6, 6.07) is 11.8. The Balaban J connectivity index is 1.52. The van der Waals surface area contributed by atoms with Gasteiger partial charge in [0, 0.05) is 24.8 Å². The Labute approximate surface area is 155 Å². The molecular formula is C22H27N3O. The van der Waals surface area contributed by atoms with E-state index < -0.39 is 0 Å². The number of anilines is 1. The van der Waals surface area contributed by atoms with Crippen molar-refractivity contribution in [3.8, 4) is 0 Å². The van der Waals surface area contributed by atoms with Crippen LogP contribution in [0.1, 0.15) is 53.6 Å². The number of carbonyl (C=O) groups is 1. The van der Waals surface area contributed by atoms with Crippen molar-refractivity contribution in [2.45, 2.75) is 45.6 Å². The van der Waals surface area contributed by atoms with Gasteiger partial charge in [-0.2, -0.15) is 0 Å². The Bertz CT molecular complexity index is 782. The zero-order valence-electron chi connectivity index (χ0n) is 15.4. The second kappa shape index (κ2) is 9.18. The van der Waals surface area contributed by atoms with Gasteiger partial charge in [-0.3, -0.25) is 4.79 Å². The Morgan fingerprint density at radius 2 is 2.08 bits per heavy atom. The predicted octanol–water partition coefficient (Wildman–Crippen LogP) is 4.62. The fraction of sp³-hybridized carbons (Fsp3) is 0.364. The summed E-state index contributed by atoms with van der Waals surface area (Å²) in [7, 11) is 0. The Hall–Kier alpha value is -2.62. The number of benzene rings is 1. The first-order chi connectivity index (χ1) is 12.7. The maximum atomic E-state index is 12.4. The zero-order chi connectivity index (χ0) is 18.2. The van der Waals surface area contributed by atoms with E-state index in [2.05, 4.69) is 40.8 Å². The molecule has 2 aromatic rings. The van der Waals surface area contributed by atoms with Crippen LogP contribution in [0.3, 0.4) is 0 Å². The van der Waals surface area contributed by atoms with Crippen LogP contribution in [0.25, 0.3) is 0 Å². The normalized spacial score (nSPS) is 13.8. The summed E-state index contributed by atoms with van der Waals surface area (Å²) in [5.74, 6) is 0.679. The molecule has 26 heavy (non-hydrogen) atoms. The van der Waals surface area contributed by atoms with Gasteiger partial charge in [-0.05, 0) is 62.3 Å². The molecule has 3 rings (SSSR count). The summed E-state index contributed by atoms with van der Waals surface area (Å²) in [5, 5.41) is 6.33. The highest BCUT2D eigenvalue weighted by Gasteiger charge is 2.08. The minimum Gasteiger partial charge on any atom is -0.366 e. The molecule has 1 aliphatic rings. The number of rotatable bonds is 7. The second-order valence-electron chi connectivity index (χ2n) is 6.82. The van der Waals surface area contributed by atoms with Gasteiger partial charge in [-0.1, -0.05) is 35.9 Å². The third-order valence-electron chi connectivity index (χ3n) is 4.86. The maximum Gasteiger partial charge on any atom is 0.251 e. The molecule has 0 fully saturated rings. The molecule has 1 heterocycles. The number of hydrogen-bond acceptors (Lipinski definition) is 3. The van der Waals surface area contributed by atoms with Gasteiger partial charge in [0.2, 0.25) is 0 Å². The van der Waals surface area contributed by atoms with E-state index in [1.807, 2.05) is 18.2 Å². The number of nitrogens with zero attached hydrogens (tertiary/aromatic N) is 1. The van der Waals surface area contributed by atoms with Crippen molar-refractivity contribution in [3.05, 3.63) is 70.9 Å². The highest BCUT2D eigenvalue weighted by Crippen LogP contribution is 2.19. The number of aromatic nitrogens is 1. The van der Waals surface area contributed by atoms with Crippen LogP contribution in [-0.2, 0) is 6.54 Å². The number of nitrogens with one attached hydrogen (secondary N) is 2. The standard InChI is InChI=1S/C22H27N3O/c1-17-7-5-6-10-20(17)16-25-21-15-19(12-14-23-21)22(26)24-13-11-18-8-3-2-4-9-18/h5-8,10,12,14-15H,2-4,9,11,13,16H2,1H3,(H,23,25)(H,24,26). The Kier molecular flexibility index (Phi) is 6.42. The lowest BCUT2D eigenvalue weighted by atomic mass is 9.97. The van der Waals surface area contributed by atoms with Crippen molar-refractivity contribution in [1.82, 2.24) is 10.3 Å². The van der Waals surface area contributed by atoms with E-state index >= 15 is 0 Å². The average molecular weight is 349 g/mol. The van der Waals surface area contributed by atoms with Crippen LogP contribution >= 0.6 is 0 Å². The highest BCUT2D eigenvalue weighted by molar-refractivity contribution is 5.94. The summed E-state index contributed by atoms with van der Waals surface area (Å²) in [6.07, 6.45) is 9.90. The van der Waals surface area contributed by atoms with Gasteiger partial charge in [0.1, 0.15) is 5.82 Å². The van der Waals surface area contributed by atoms with Crippen molar-refractivity contribution >= 4 is 11.7 Å². The molecule has 1 aromatic carbocycles. The van der Waals surface area contributed by atoms with Crippen molar-refractivity contribution in [2.24, 2.45) is 0 Å². The molecule has 0 bridgehead atoms. The predicted molar refractivity (Wildman–Crippen MR) is 106 cm³/mol. The molecule has 0 saturated heterocycles. The molecule has 2 N–H and O–H groups in total. The van der Waals surface area contributed by atoms with Gasteiger partial charge >= 0.3 is 0 Å². The lowest BCUT2D eigenvalue weighted by molar-refractivity contribution is 0.0954. The van der Waals surface area contributed by atoms with Crippen LogP contribution in [0.2, 0.25) is 0 Å². The highest BCUT2D eigenvalue weighted by atomic mass is 16.1. The van der Waals surface area contributed by atoms with Gasteiger partial charge in [0.25, 0.3) is 5.91 Å². The van der Waals surface area contributed by atoms with Crippen molar-refractivity contribution in [3.63, 3.8) is 0 Å². The minimum atomic E-state index is -0.0391. The number of carbonyl (C=O) groups excluding carboxylic acids is 1. The quantitative estimate of drug-likeness (QED) is 0.717. The fourth-order valence-electron chi connectivity index (χ4n) is 3.23. The van der Waals surface area contributed by atoms with Gasteiger partial charge in [0.05, 0.1) is 0 Å². The van der Waals surface area contributed by atoms with Crippen LogP contribution < -0.4 is 10.6 Å². The third-order valence-corrected chi connectivity index (χ3v) is 4.86.